The first kappa shape index (κ1) is 23.4. The monoisotopic (exact) mass is 353 g/mol. The molecule has 1 aliphatic heterocycles. The van der Waals surface area contributed by atoms with Crippen molar-refractivity contribution in [3.8, 4) is 11.8 Å². The molecule has 0 radical (unpaired) electrons. The Labute approximate surface area is 213 Å². The van der Waals surface area contributed by atoms with E-state index in [9.17, 15) is 24.3 Å². The van der Waals surface area contributed by atoms with Gasteiger partial charge in [0.2, 0.25) is 5.60 Å². The number of nitrogens with zero attached hydrogens (tertiary/aromatic N) is 1. The summed E-state index contributed by atoms with van der Waals surface area (Å²) in [4.78, 5) is 13.0. The predicted octanol–water partition coefficient (Wildman–Crippen LogP) is -8.81. The van der Waals surface area contributed by atoms with Crippen molar-refractivity contribution in [1.29, 1.82) is 0 Å². The number of carbonyl (C=O) groups is 1. The van der Waals surface area contributed by atoms with E-state index >= 15 is 0 Å². The zero-order chi connectivity index (χ0) is 14.9. The standard InChI is InChI=1S/C13H11BFNO4.2K/c1-16-8-7-13(18,12(16)17)6-5-9-3-2-4-10(11(9)15)14(19)20;;/h2-4,18H,7-8H2,1H3;;/q-2;2*+1. The number of hydrogen-bond donors (Lipinski definition) is 1. The van der Waals surface area contributed by atoms with Gasteiger partial charge >= 0.3 is 103 Å². The van der Waals surface area contributed by atoms with E-state index in [4.69, 9.17) is 0 Å². The maximum absolute atomic E-state index is 13.8. The summed E-state index contributed by atoms with van der Waals surface area (Å²) in [5.41, 5.74) is -2.56. The molecule has 0 spiro atoms. The Hall–Kier alpha value is 1.40. The van der Waals surface area contributed by atoms with Crippen LogP contribution in [0.2, 0.25) is 0 Å². The Morgan fingerprint density at radius 1 is 1.41 bits per heavy atom. The Balaban J connectivity index is 0.00000220. The minimum atomic E-state index is -2.45. The van der Waals surface area contributed by atoms with Gasteiger partial charge < -0.3 is 20.1 Å². The summed E-state index contributed by atoms with van der Waals surface area (Å²) < 4.78 is 13.8. The maximum Gasteiger partial charge on any atom is 1.00 e. The van der Waals surface area contributed by atoms with Gasteiger partial charge in [-0.25, -0.2) is 4.39 Å². The van der Waals surface area contributed by atoms with Gasteiger partial charge in [0.05, 0.1) is 5.56 Å². The third-order valence-corrected chi connectivity index (χ3v) is 3.20. The molecule has 104 valence electrons. The van der Waals surface area contributed by atoms with E-state index in [0.29, 0.717) is 6.54 Å². The Morgan fingerprint density at radius 3 is 2.55 bits per heavy atom. The molecule has 1 aliphatic rings. The number of rotatable bonds is 1. The third-order valence-electron chi connectivity index (χ3n) is 3.20. The molecule has 0 saturated carbocycles. The molecule has 1 aromatic rings. The SMILES string of the molecule is CN1CCC(O)(C#Cc2cccc(B([O-])[O-])c2F)C1=O.[K+].[K+]. The molecule has 0 aliphatic carbocycles. The minimum absolute atomic E-state index is 0. The van der Waals surface area contributed by atoms with Gasteiger partial charge in [-0.15, -0.1) is 0 Å². The first-order valence-electron chi connectivity index (χ1n) is 5.96. The number of benzene rings is 1. The maximum atomic E-state index is 13.8. The summed E-state index contributed by atoms with van der Waals surface area (Å²) in [6, 6.07) is 3.70. The molecule has 1 fully saturated rings. The van der Waals surface area contributed by atoms with Crippen LogP contribution in [0.3, 0.4) is 0 Å². The molecule has 1 saturated heterocycles. The van der Waals surface area contributed by atoms with Gasteiger partial charge in [-0.2, -0.15) is 0 Å². The van der Waals surface area contributed by atoms with Crippen LogP contribution in [0.1, 0.15) is 12.0 Å². The molecule has 0 bridgehead atoms. The normalized spacial score (nSPS) is 19.7. The zero-order valence-corrected chi connectivity index (χ0v) is 19.0. The smallest absolute Gasteiger partial charge is 0.889 e. The van der Waals surface area contributed by atoms with Gasteiger partial charge in [-0.3, -0.25) is 4.79 Å². The first-order valence-corrected chi connectivity index (χ1v) is 5.96. The summed E-state index contributed by atoms with van der Waals surface area (Å²) >= 11 is 0. The van der Waals surface area contributed by atoms with Crippen molar-refractivity contribution in [2.45, 2.75) is 12.0 Å². The van der Waals surface area contributed by atoms with Crippen LogP contribution in [0.5, 0.6) is 0 Å². The number of amides is 1. The zero-order valence-electron chi connectivity index (χ0n) is 12.7. The molecule has 1 N–H and O–H groups in total. The second kappa shape index (κ2) is 9.77. The Kier molecular flexibility index (Phi) is 10.4. The molecule has 1 heterocycles. The second-order valence-corrected chi connectivity index (χ2v) is 4.63. The van der Waals surface area contributed by atoms with Gasteiger partial charge in [0.15, 0.2) is 0 Å². The van der Waals surface area contributed by atoms with Crippen molar-refractivity contribution < 1.29 is 127 Å². The van der Waals surface area contributed by atoms with Crippen LogP contribution >= 0.6 is 0 Å². The van der Waals surface area contributed by atoms with E-state index in [-0.39, 0.29) is 115 Å². The number of likely N-dealkylation sites (tertiary alicyclic amines) is 1. The van der Waals surface area contributed by atoms with Crippen LogP contribution in [0, 0.1) is 17.7 Å². The summed E-state index contributed by atoms with van der Waals surface area (Å²) in [5.74, 6) is 3.12. The van der Waals surface area contributed by atoms with E-state index in [1.54, 1.807) is 0 Å². The number of hydrogen-bond acceptors (Lipinski definition) is 4. The van der Waals surface area contributed by atoms with Crippen molar-refractivity contribution in [3.05, 3.63) is 29.6 Å². The van der Waals surface area contributed by atoms with Crippen LogP contribution in [-0.4, -0.2) is 42.2 Å². The average molecular weight is 353 g/mol. The van der Waals surface area contributed by atoms with Crippen LogP contribution in [0.25, 0.3) is 0 Å². The van der Waals surface area contributed by atoms with E-state index in [0.717, 1.165) is 6.07 Å². The summed E-state index contributed by atoms with van der Waals surface area (Å²) in [6.45, 7) is 0.357. The molecule has 1 aromatic carbocycles. The molecule has 5 nitrogen and oxygen atoms in total. The van der Waals surface area contributed by atoms with Crippen molar-refractivity contribution >= 4 is 18.5 Å². The third kappa shape index (κ3) is 5.19. The summed E-state index contributed by atoms with van der Waals surface area (Å²) in [7, 11) is -0.915. The fourth-order valence-corrected chi connectivity index (χ4v) is 1.97. The molecule has 1 atom stereocenters. The number of carbonyl (C=O) groups excluding carboxylic acids is 1. The topological polar surface area (TPSA) is 86.7 Å². The van der Waals surface area contributed by atoms with Gasteiger partial charge in [0.25, 0.3) is 5.91 Å². The first-order chi connectivity index (χ1) is 9.35. The van der Waals surface area contributed by atoms with Crippen LogP contribution < -0.4 is 118 Å². The molecule has 0 aromatic heterocycles. The second-order valence-electron chi connectivity index (χ2n) is 4.63. The van der Waals surface area contributed by atoms with Gasteiger partial charge in [0.1, 0.15) is 5.82 Å². The number of aliphatic hydroxyl groups is 1. The van der Waals surface area contributed by atoms with Crippen LogP contribution in [-0.2, 0) is 4.79 Å². The molecule has 22 heavy (non-hydrogen) atoms. The molecular formula is C13H11BFK2NO4. The van der Waals surface area contributed by atoms with Crippen molar-refractivity contribution in [3.63, 3.8) is 0 Å². The van der Waals surface area contributed by atoms with Crippen LogP contribution in [0.4, 0.5) is 4.39 Å². The van der Waals surface area contributed by atoms with E-state index in [1.165, 1.54) is 24.1 Å². The minimum Gasteiger partial charge on any atom is -0.889 e. The largest absolute Gasteiger partial charge is 1.00 e. The summed E-state index contributed by atoms with van der Waals surface area (Å²) in [5, 5.41) is 31.6. The van der Waals surface area contributed by atoms with Crippen molar-refractivity contribution in [2.24, 2.45) is 0 Å². The quantitative estimate of drug-likeness (QED) is 0.401. The summed E-state index contributed by atoms with van der Waals surface area (Å²) in [6.07, 6.45) is 0.127. The van der Waals surface area contributed by atoms with Gasteiger partial charge in [0, 0.05) is 20.0 Å². The molecule has 1 amide bonds. The van der Waals surface area contributed by atoms with Gasteiger partial charge in [-0.05, 0) is 6.07 Å². The van der Waals surface area contributed by atoms with Crippen molar-refractivity contribution in [1.82, 2.24) is 4.90 Å². The Bertz CT molecular complexity index is 620. The van der Waals surface area contributed by atoms with Crippen molar-refractivity contribution in [2.75, 3.05) is 13.6 Å². The predicted molar refractivity (Wildman–Crippen MR) is 65.9 cm³/mol. The number of halogens is 1. The van der Waals surface area contributed by atoms with E-state index in [2.05, 4.69) is 11.8 Å². The number of likely N-dealkylation sites (N-methyl/N-ethyl adjacent to an activating group) is 1. The molecule has 1 unspecified atom stereocenters. The van der Waals surface area contributed by atoms with E-state index in [1.807, 2.05) is 0 Å². The molecular weight excluding hydrogens is 342 g/mol. The van der Waals surface area contributed by atoms with E-state index < -0.39 is 29.9 Å². The Morgan fingerprint density at radius 2 is 2.05 bits per heavy atom. The fraction of sp³-hybridized carbons (Fsp3) is 0.308. The van der Waals surface area contributed by atoms with Gasteiger partial charge in [-0.1, -0.05) is 36.6 Å². The molecule has 2 rings (SSSR count). The molecule has 9 heteroatoms. The average Bonchev–Trinajstić information content (AvgIpc) is 2.66. The van der Waals surface area contributed by atoms with Crippen LogP contribution in [0.15, 0.2) is 18.2 Å². The fourth-order valence-electron chi connectivity index (χ4n) is 1.97.